The predicted octanol–water partition coefficient (Wildman–Crippen LogP) is 4.93. The topological polar surface area (TPSA) is 25.8 Å². The molecule has 0 fully saturated rings. The second kappa shape index (κ2) is 5.08. The van der Waals surface area contributed by atoms with Gasteiger partial charge in [-0.3, -0.25) is 0 Å². The van der Waals surface area contributed by atoms with Crippen LogP contribution < -0.4 is 0 Å². The Bertz CT molecular complexity index is 896. The summed E-state index contributed by atoms with van der Waals surface area (Å²) in [7, 11) is 0. The second-order valence-corrected chi connectivity index (χ2v) is 6.31. The first kappa shape index (κ1) is 13.8. The van der Waals surface area contributed by atoms with Gasteiger partial charge in [0.1, 0.15) is 6.33 Å². The summed E-state index contributed by atoms with van der Waals surface area (Å²) in [4.78, 5) is 8.33. The highest BCUT2D eigenvalue weighted by atomic mass is 127. The molecule has 2 nitrogen and oxygen atoms in total. The van der Waals surface area contributed by atoms with Gasteiger partial charge in [0, 0.05) is 22.9 Å². The lowest BCUT2D eigenvalue weighted by Gasteiger charge is -2.14. The summed E-state index contributed by atoms with van der Waals surface area (Å²) in [6.07, 6.45) is 2.98. The SMILES string of the molecule is Fc1ccc2c(c1F)-c1cncnc1-c1ccccc1C2I. The largest absolute Gasteiger partial charge is 0.244 e. The van der Waals surface area contributed by atoms with Gasteiger partial charge in [0.25, 0.3) is 0 Å². The van der Waals surface area contributed by atoms with Crippen LogP contribution in [0.25, 0.3) is 22.4 Å². The predicted molar refractivity (Wildman–Crippen MR) is 88.7 cm³/mol. The molecule has 1 aliphatic carbocycles. The van der Waals surface area contributed by atoms with Crippen LogP contribution in [0.2, 0.25) is 0 Å². The van der Waals surface area contributed by atoms with Crippen molar-refractivity contribution in [2.75, 3.05) is 0 Å². The number of benzene rings is 2. The molecule has 0 radical (unpaired) electrons. The van der Waals surface area contributed by atoms with Crippen molar-refractivity contribution in [2.24, 2.45) is 0 Å². The molecule has 0 spiro atoms. The van der Waals surface area contributed by atoms with Crippen LogP contribution >= 0.6 is 22.6 Å². The van der Waals surface area contributed by atoms with Gasteiger partial charge in [-0.2, -0.15) is 0 Å². The summed E-state index contributed by atoms with van der Waals surface area (Å²) in [5.74, 6) is -1.70. The van der Waals surface area contributed by atoms with Crippen LogP contribution in [0.3, 0.4) is 0 Å². The Hall–Kier alpha value is -1.89. The minimum Gasteiger partial charge on any atom is -0.244 e. The average molecular weight is 406 g/mol. The van der Waals surface area contributed by atoms with Crippen LogP contribution in [0.1, 0.15) is 15.1 Å². The van der Waals surface area contributed by atoms with Crippen molar-refractivity contribution < 1.29 is 8.78 Å². The average Bonchev–Trinajstić information content (AvgIpc) is 2.66. The maximum Gasteiger partial charge on any atom is 0.167 e. The summed E-state index contributed by atoms with van der Waals surface area (Å²) in [5.41, 5.74) is 4.12. The van der Waals surface area contributed by atoms with Crippen LogP contribution in [0.4, 0.5) is 8.78 Å². The Balaban J connectivity index is 2.19. The molecule has 0 amide bonds. The number of alkyl halides is 1. The number of hydrogen-bond donors (Lipinski definition) is 0. The normalized spacial score (nSPS) is 15.5. The van der Waals surface area contributed by atoms with Crippen LogP contribution in [0.15, 0.2) is 48.9 Å². The highest BCUT2D eigenvalue weighted by Gasteiger charge is 2.29. The molecule has 0 bridgehead atoms. The van der Waals surface area contributed by atoms with E-state index in [0.717, 1.165) is 16.7 Å². The van der Waals surface area contributed by atoms with E-state index in [4.69, 9.17) is 0 Å². The van der Waals surface area contributed by atoms with Gasteiger partial charge >= 0.3 is 0 Å². The van der Waals surface area contributed by atoms with E-state index in [1.165, 1.54) is 12.4 Å². The molecule has 4 rings (SSSR count). The Labute approximate surface area is 139 Å². The van der Waals surface area contributed by atoms with E-state index in [2.05, 4.69) is 32.6 Å². The fourth-order valence-corrected chi connectivity index (χ4v) is 3.94. The zero-order valence-electron chi connectivity index (χ0n) is 11.2. The first-order chi connectivity index (χ1) is 10.7. The molecule has 3 aromatic rings. The van der Waals surface area contributed by atoms with Gasteiger partial charge in [-0.05, 0) is 17.2 Å². The molecule has 5 heteroatoms. The molecule has 1 unspecified atom stereocenters. The lowest BCUT2D eigenvalue weighted by molar-refractivity contribution is 0.510. The van der Waals surface area contributed by atoms with Gasteiger partial charge in [0.05, 0.1) is 9.62 Å². The Morgan fingerprint density at radius 1 is 0.955 bits per heavy atom. The standard InChI is InChI=1S/C17H9F2IN2/c18-13-6-5-11-14(15(13)19)12-7-21-8-22-17(12)10-4-2-1-3-9(10)16(11)20/h1-8,16H. The maximum atomic E-state index is 14.5. The Kier molecular flexibility index (Phi) is 3.18. The number of hydrogen-bond acceptors (Lipinski definition) is 2. The van der Waals surface area contributed by atoms with Gasteiger partial charge in [-0.15, -0.1) is 0 Å². The van der Waals surface area contributed by atoms with Crippen LogP contribution in [-0.2, 0) is 0 Å². The van der Waals surface area contributed by atoms with Crippen LogP contribution in [0.5, 0.6) is 0 Å². The quantitative estimate of drug-likeness (QED) is 0.391. The van der Waals surface area contributed by atoms with Gasteiger partial charge < -0.3 is 0 Å². The van der Waals surface area contributed by atoms with E-state index < -0.39 is 11.6 Å². The fraction of sp³-hybridized carbons (Fsp3) is 0.0588. The molecule has 0 saturated carbocycles. The zero-order chi connectivity index (χ0) is 15.3. The van der Waals surface area contributed by atoms with E-state index in [1.807, 2.05) is 24.3 Å². The van der Waals surface area contributed by atoms with Crippen LogP contribution in [-0.4, -0.2) is 9.97 Å². The molecule has 108 valence electrons. The minimum atomic E-state index is -0.858. The van der Waals surface area contributed by atoms with E-state index >= 15 is 0 Å². The van der Waals surface area contributed by atoms with E-state index in [-0.39, 0.29) is 9.49 Å². The van der Waals surface area contributed by atoms with Crippen molar-refractivity contribution in [1.29, 1.82) is 0 Å². The fourth-order valence-electron chi connectivity index (χ4n) is 2.88. The lowest BCUT2D eigenvalue weighted by atomic mass is 9.98. The maximum absolute atomic E-state index is 14.5. The van der Waals surface area contributed by atoms with Gasteiger partial charge in [-0.1, -0.05) is 52.9 Å². The number of aromatic nitrogens is 2. The number of fused-ring (bicyclic) bond motifs is 5. The molecule has 2 aromatic carbocycles. The van der Waals surface area contributed by atoms with Crippen molar-refractivity contribution in [3.8, 4) is 22.4 Å². The number of halogens is 3. The van der Waals surface area contributed by atoms with Crippen molar-refractivity contribution in [2.45, 2.75) is 3.92 Å². The molecule has 1 aromatic heterocycles. The van der Waals surface area contributed by atoms with E-state index in [0.29, 0.717) is 11.3 Å². The van der Waals surface area contributed by atoms with E-state index in [1.54, 1.807) is 12.3 Å². The summed E-state index contributed by atoms with van der Waals surface area (Å²) < 4.78 is 28.2. The highest BCUT2D eigenvalue weighted by molar-refractivity contribution is 14.1. The first-order valence-electron chi connectivity index (χ1n) is 6.70. The third kappa shape index (κ3) is 1.88. The van der Waals surface area contributed by atoms with E-state index in [9.17, 15) is 8.78 Å². The molecular formula is C17H9F2IN2. The Morgan fingerprint density at radius 3 is 2.64 bits per heavy atom. The highest BCUT2D eigenvalue weighted by Crippen LogP contribution is 2.48. The van der Waals surface area contributed by atoms with Crippen molar-refractivity contribution in [1.82, 2.24) is 9.97 Å². The monoisotopic (exact) mass is 406 g/mol. The Morgan fingerprint density at radius 2 is 1.77 bits per heavy atom. The van der Waals surface area contributed by atoms with Crippen molar-refractivity contribution in [3.63, 3.8) is 0 Å². The lowest BCUT2D eigenvalue weighted by Crippen LogP contribution is -1.99. The summed E-state index contributed by atoms with van der Waals surface area (Å²) in [5, 5.41) is 0. The molecule has 0 saturated heterocycles. The molecule has 22 heavy (non-hydrogen) atoms. The van der Waals surface area contributed by atoms with Gasteiger partial charge in [0.2, 0.25) is 0 Å². The molecule has 1 heterocycles. The molecule has 1 aliphatic rings. The summed E-state index contributed by atoms with van der Waals surface area (Å²) >= 11 is 2.25. The number of rotatable bonds is 0. The summed E-state index contributed by atoms with van der Waals surface area (Å²) in [6.45, 7) is 0. The molecular weight excluding hydrogens is 397 g/mol. The third-order valence-electron chi connectivity index (χ3n) is 3.87. The minimum absolute atomic E-state index is 0.0897. The molecule has 0 aliphatic heterocycles. The van der Waals surface area contributed by atoms with Gasteiger partial charge in [-0.25, -0.2) is 18.7 Å². The van der Waals surface area contributed by atoms with Crippen LogP contribution in [0, 0.1) is 11.6 Å². The zero-order valence-corrected chi connectivity index (χ0v) is 13.4. The number of nitrogens with zero attached hydrogens (tertiary/aromatic N) is 2. The second-order valence-electron chi connectivity index (χ2n) is 5.06. The van der Waals surface area contributed by atoms with Crippen molar-refractivity contribution in [3.05, 3.63) is 71.7 Å². The summed E-state index contributed by atoms with van der Waals surface area (Å²) in [6, 6.07) is 10.6. The molecule has 0 N–H and O–H groups in total. The third-order valence-corrected chi connectivity index (χ3v) is 5.21. The smallest absolute Gasteiger partial charge is 0.167 e. The van der Waals surface area contributed by atoms with Gasteiger partial charge in [0.15, 0.2) is 11.6 Å². The van der Waals surface area contributed by atoms with Crippen molar-refractivity contribution >= 4 is 22.6 Å². The first-order valence-corrected chi connectivity index (χ1v) is 7.94. The molecule has 1 atom stereocenters.